The fraction of sp³-hybridized carbons (Fsp3) is 0.240. The lowest BCUT2D eigenvalue weighted by Crippen LogP contribution is -2.09. The first-order chi connectivity index (χ1) is 15.1. The first kappa shape index (κ1) is 24.4. The molecule has 0 bridgehead atoms. The molecule has 0 aliphatic heterocycles. The predicted octanol–water partition coefficient (Wildman–Crippen LogP) is 4.78. The van der Waals surface area contributed by atoms with E-state index < -0.39 is 40.1 Å². The number of benzene rings is 2. The van der Waals surface area contributed by atoms with Crippen molar-refractivity contribution in [3.05, 3.63) is 75.4 Å². The number of allylic oxidation sites excluding steroid dienone is 4. The molecule has 0 unspecified atom stereocenters. The molecular weight excluding hydrogens is 412 g/mol. The molecule has 2 aromatic carbocycles. The number of phenolic OH excluding ortho intramolecular Hbond substituents is 3. The maximum atomic E-state index is 13.1. The fourth-order valence-electron chi connectivity index (χ4n) is 3.22. The van der Waals surface area contributed by atoms with Crippen LogP contribution in [0, 0.1) is 0 Å². The molecule has 0 spiro atoms. The van der Waals surface area contributed by atoms with Gasteiger partial charge in [-0.05, 0) is 63.8 Å². The van der Waals surface area contributed by atoms with Crippen LogP contribution in [-0.2, 0) is 6.42 Å². The maximum absolute atomic E-state index is 13.1. The third-order valence-corrected chi connectivity index (χ3v) is 4.98. The second-order valence-electron chi connectivity index (χ2n) is 7.75. The van der Waals surface area contributed by atoms with Crippen LogP contribution in [-0.4, -0.2) is 38.5 Å². The van der Waals surface area contributed by atoms with Gasteiger partial charge in [0.2, 0.25) is 5.78 Å². The largest absolute Gasteiger partial charge is 0.507 e. The molecule has 0 aromatic heterocycles. The normalized spacial score (nSPS) is 11.2. The van der Waals surface area contributed by atoms with Crippen LogP contribution in [0.15, 0.2) is 47.6 Å². The number of rotatable bonds is 9. The molecule has 7 heteroatoms. The molecule has 2 rings (SSSR count). The molecule has 0 radical (unpaired) electrons. The summed E-state index contributed by atoms with van der Waals surface area (Å²) in [6.07, 6.45) is 6.29. The molecule has 0 fully saturated rings. The van der Waals surface area contributed by atoms with E-state index in [-0.39, 0.29) is 17.4 Å². The van der Waals surface area contributed by atoms with Gasteiger partial charge in [0.25, 0.3) is 0 Å². The van der Waals surface area contributed by atoms with Crippen molar-refractivity contribution in [3.63, 3.8) is 0 Å². The van der Waals surface area contributed by atoms with Crippen LogP contribution < -0.4 is 0 Å². The molecule has 0 saturated carbocycles. The smallest absolute Gasteiger partial charge is 0.335 e. The van der Waals surface area contributed by atoms with Gasteiger partial charge in [0.15, 0.2) is 6.29 Å². The first-order valence-electron chi connectivity index (χ1n) is 9.99. The number of phenols is 3. The highest BCUT2D eigenvalue weighted by Crippen LogP contribution is 2.36. The molecule has 0 saturated heterocycles. The zero-order chi connectivity index (χ0) is 24.0. The van der Waals surface area contributed by atoms with Crippen LogP contribution in [0.1, 0.15) is 75.8 Å². The van der Waals surface area contributed by atoms with E-state index in [4.69, 9.17) is 5.11 Å². The molecule has 168 valence electrons. The highest BCUT2D eigenvalue weighted by molar-refractivity contribution is 6.17. The van der Waals surface area contributed by atoms with Crippen LogP contribution >= 0.6 is 0 Å². The Balaban J connectivity index is 2.43. The summed E-state index contributed by atoms with van der Waals surface area (Å²) in [6.45, 7) is 6.00. The Morgan fingerprint density at radius 3 is 2.22 bits per heavy atom. The van der Waals surface area contributed by atoms with Crippen molar-refractivity contribution in [2.24, 2.45) is 0 Å². The molecule has 2 aromatic rings. The minimum Gasteiger partial charge on any atom is -0.507 e. The predicted molar refractivity (Wildman–Crippen MR) is 120 cm³/mol. The summed E-state index contributed by atoms with van der Waals surface area (Å²) in [5.74, 6) is -4.12. The highest BCUT2D eigenvalue weighted by Gasteiger charge is 2.26. The molecule has 0 aliphatic rings. The van der Waals surface area contributed by atoms with Crippen LogP contribution in [0.5, 0.6) is 17.2 Å². The Morgan fingerprint density at radius 1 is 0.938 bits per heavy atom. The molecule has 0 amide bonds. The van der Waals surface area contributed by atoms with Gasteiger partial charge in [0.1, 0.15) is 22.8 Å². The number of hydrogen-bond acceptors (Lipinski definition) is 6. The van der Waals surface area contributed by atoms with Crippen molar-refractivity contribution in [2.45, 2.75) is 40.0 Å². The summed E-state index contributed by atoms with van der Waals surface area (Å²) in [5.41, 5.74) is 0.978. The van der Waals surface area contributed by atoms with E-state index in [0.717, 1.165) is 30.5 Å². The van der Waals surface area contributed by atoms with Crippen LogP contribution in [0.2, 0.25) is 0 Å². The van der Waals surface area contributed by atoms with Gasteiger partial charge in [0, 0.05) is 5.56 Å². The van der Waals surface area contributed by atoms with Crippen molar-refractivity contribution >= 4 is 18.0 Å². The highest BCUT2D eigenvalue weighted by atomic mass is 16.4. The van der Waals surface area contributed by atoms with E-state index in [1.165, 1.54) is 17.7 Å². The van der Waals surface area contributed by atoms with Crippen molar-refractivity contribution < 1.29 is 34.8 Å². The van der Waals surface area contributed by atoms with Gasteiger partial charge in [-0.3, -0.25) is 9.59 Å². The number of ketones is 1. The zero-order valence-corrected chi connectivity index (χ0v) is 18.2. The molecule has 7 nitrogen and oxygen atoms in total. The second-order valence-corrected chi connectivity index (χ2v) is 7.75. The molecule has 0 heterocycles. The van der Waals surface area contributed by atoms with E-state index in [2.05, 4.69) is 6.08 Å². The summed E-state index contributed by atoms with van der Waals surface area (Å²) in [5, 5.41) is 40.2. The van der Waals surface area contributed by atoms with Crippen molar-refractivity contribution in [1.29, 1.82) is 0 Å². The molecule has 0 atom stereocenters. The SMILES string of the molecule is CC(C)=CCC/C(C)=C/Cc1ccc(O)c(C(=O)c2c(O)cc(C(=O)O)cc2C=O)c1O. The Bertz CT molecular complexity index is 1120. The lowest BCUT2D eigenvalue weighted by Gasteiger charge is -2.13. The Morgan fingerprint density at radius 2 is 1.62 bits per heavy atom. The van der Waals surface area contributed by atoms with E-state index in [0.29, 0.717) is 12.0 Å². The third kappa shape index (κ3) is 5.63. The van der Waals surface area contributed by atoms with Crippen LogP contribution in [0.4, 0.5) is 0 Å². The average Bonchev–Trinajstić information content (AvgIpc) is 2.72. The lowest BCUT2D eigenvalue weighted by molar-refractivity contribution is 0.0695. The Kier molecular flexibility index (Phi) is 7.96. The Hall–Kier alpha value is -3.87. The molecule has 32 heavy (non-hydrogen) atoms. The van der Waals surface area contributed by atoms with Gasteiger partial charge in [-0.15, -0.1) is 0 Å². The second kappa shape index (κ2) is 10.4. The monoisotopic (exact) mass is 438 g/mol. The number of carboxylic acid groups (broad SMARTS) is 1. The van der Waals surface area contributed by atoms with Gasteiger partial charge < -0.3 is 20.4 Å². The summed E-state index contributed by atoms with van der Waals surface area (Å²) in [4.78, 5) is 35.6. The first-order valence-corrected chi connectivity index (χ1v) is 9.99. The number of carbonyl (C=O) groups excluding carboxylic acids is 2. The lowest BCUT2D eigenvalue weighted by atomic mass is 9.93. The number of carbonyl (C=O) groups is 3. The van der Waals surface area contributed by atoms with Gasteiger partial charge in [0.05, 0.1) is 11.1 Å². The van der Waals surface area contributed by atoms with Gasteiger partial charge in [-0.1, -0.05) is 29.4 Å². The number of hydrogen-bond donors (Lipinski definition) is 4. The zero-order valence-electron chi connectivity index (χ0n) is 18.2. The number of aromatic carboxylic acids is 1. The summed E-state index contributed by atoms with van der Waals surface area (Å²) >= 11 is 0. The standard InChI is InChI=1S/C25H26O7/c1-14(2)5-4-6-15(3)7-8-16-9-10-19(27)22(23(16)29)24(30)21-18(13-26)11-17(25(31)32)12-20(21)28/h5,7,9-13,27-29H,4,6,8H2,1-3H3,(H,31,32)/b15-7+. The topological polar surface area (TPSA) is 132 Å². The van der Waals surface area contributed by atoms with E-state index in [9.17, 15) is 29.7 Å². The van der Waals surface area contributed by atoms with Crippen LogP contribution in [0.3, 0.4) is 0 Å². The van der Waals surface area contributed by atoms with Gasteiger partial charge >= 0.3 is 5.97 Å². The summed E-state index contributed by atoms with van der Waals surface area (Å²) < 4.78 is 0. The minimum atomic E-state index is -1.39. The van der Waals surface area contributed by atoms with E-state index in [1.807, 2.05) is 26.8 Å². The van der Waals surface area contributed by atoms with Gasteiger partial charge in [-0.2, -0.15) is 0 Å². The minimum absolute atomic E-state index is 0.232. The van der Waals surface area contributed by atoms with Crippen molar-refractivity contribution in [1.82, 2.24) is 0 Å². The average molecular weight is 438 g/mol. The number of aromatic hydroxyl groups is 3. The number of aldehydes is 1. The third-order valence-electron chi connectivity index (χ3n) is 4.98. The van der Waals surface area contributed by atoms with E-state index >= 15 is 0 Å². The summed E-state index contributed by atoms with van der Waals surface area (Å²) in [7, 11) is 0. The summed E-state index contributed by atoms with van der Waals surface area (Å²) in [6, 6.07) is 4.51. The molecular formula is C25H26O7. The quantitative estimate of drug-likeness (QED) is 0.252. The molecule has 4 N–H and O–H groups in total. The van der Waals surface area contributed by atoms with Crippen molar-refractivity contribution in [3.8, 4) is 17.2 Å². The molecule has 0 aliphatic carbocycles. The maximum Gasteiger partial charge on any atom is 0.335 e. The fourth-order valence-corrected chi connectivity index (χ4v) is 3.22. The Labute approximate surface area is 186 Å². The van der Waals surface area contributed by atoms with Gasteiger partial charge in [-0.25, -0.2) is 4.79 Å². The van der Waals surface area contributed by atoms with E-state index in [1.54, 1.807) is 0 Å². The van der Waals surface area contributed by atoms with Crippen molar-refractivity contribution in [2.75, 3.05) is 0 Å². The van der Waals surface area contributed by atoms with Crippen LogP contribution in [0.25, 0.3) is 0 Å². The number of carboxylic acids is 1.